The van der Waals surface area contributed by atoms with Crippen molar-refractivity contribution >= 4 is 17.5 Å². The van der Waals surface area contributed by atoms with Gasteiger partial charge in [-0.2, -0.15) is 0 Å². The molecule has 0 aliphatic carbocycles. The van der Waals surface area contributed by atoms with Crippen LogP contribution in [0.5, 0.6) is 0 Å². The maximum absolute atomic E-state index is 13.2. The van der Waals surface area contributed by atoms with Gasteiger partial charge in [-0.05, 0) is 66.9 Å². The Balaban J connectivity index is 1.96. The molecule has 5 heteroatoms. The van der Waals surface area contributed by atoms with Crippen LogP contribution >= 0.6 is 11.6 Å². The second-order valence-electron chi connectivity index (χ2n) is 5.93. The van der Waals surface area contributed by atoms with Crippen LogP contribution in [0.3, 0.4) is 0 Å². The number of amides is 1. The molecule has 0 unspecified atom stereocenters. The van der Waals surface area contributed by atoms with Crippen molar-refractivity contribution in [3.05, 3.63) is 82.3 Å². The molecule has 128 valence electrons. The number of nitrogens with two attached hydrogens (primary N) is 1. The number of hydrogen-bond donors (Lipinski definition) is 1. The molecule has 0 bridgehead atoms. The van der Waals surface area contributed by atoms with Crippen molar-refractivity contribution in [2.75, 3.05) is 0 Å². The zero-order valence-electron chi connectivity index (χ0n) is 13.8. The smallest absolute Gasteiger partial charge is 0.250 e. The van der Waals surface area contributed by atoms with E-state index in [9.17, 15) is 9.18 Å². The van der Waals surface area contributed by atoms with E-state index in [1.54, 1.807) is 18.2 Å². The SMILES string of the molecule is Cc1c(C(N)=O)cc(-c2ccc(F)cc2)n1CCc1ccc(Cl)cc1. The minimum atomic E-state index is -0.467. The van der Waals surface area contributed by atoms with E-state index in [1.807, 2.05) is 35.8 Å². The average Bonchev–Trinajstić information content (AvgIpc) is 2.92. The van der Waals surface area contributed by atoms with Gasteiger partial charge in [0.25, 0.3) is 5.91 Å². The van der Waals surface area contributed by atoms with Crippen molar-refractivity contribution in [2.45, 2.75) is 19.9 Å². The highest BCUT2D eigenvalue weighted by atomic mass is 35.5. The van der Waals surface area contributed by atoms with E-state index < -0.39 is 5.91 Å². The van der Waals surface area contributed by atoms with E-state index in [4.69, 9.17) is 17.3 Å². The molecule has 1 heterocycles. The predicted molar refractivity (Wildman–Crippen MR) is 98.2 cm³/mol. The standard InChI is InChI=1S/C20H18ClFN2O/c1-13-18(20(23)25)12-19(15-4-8-17(22)9-5-15)24(13)11-10-14-2-6-16(21)7-3-14/h2-9,12H,10-11H2,1H3,(H2,23,25). The Bertz CT molecular complexity index is 899. The molecule has 0 saturated carbocycles. The summed E-state index contributed by atoms with van der Waals surface area (Å²) in [5.74, 6) is -0.763. The van der Waals surface area contributed by atoms with Gasteiger partial charge < -0.3 is 10.3 Å². The number of aryl methyl sites for hydroxylation is 1. The fourth-order valence-corrected chi connectivity index (χ4v) is 3.06. The lowest BCUT2D eigenvalue weighted by Crippen LogP contribution is -2.13. The summed E-state index contributed by atoms with van der Waals surface area (Å²) in [7, 11) is 0. The first-order chi connectivity index (χ1) is 12.0. The Morgan fingerprint density at radius 3 is 2.36 bits per heavy atom. The van der Waals surface area contributed by atoms with Crippen LogP contribution in [0.25, 0.3) is 11.3 Å². The number of nitrogens with zero attached hydrogens (tertiary/aromatic N) is 1. The molecule has 0 saturated heterocycles. The molecular formula is C20H18ClFN2O. The Hall–Kier alpha value is -2.59. The third-order valence-corrected chi connectivity index (χ3v) is 4.56. The van der Waals surface area contributed by atoms with Crippen LogP contribution in [-0.2, 0) is 13.0 Å². The Labute approximate surface area is 150 Å². The van der Waals surface area contributed by atoms with Gasteiger partial charge in [-0.1, -0.05) is 23.7 Å². The third kappa shape index (κ3) is 3.74. The third-order valence-electron chi connectivity index (χ3n) is 4.31. The fraction of sp³-hybridized carbons (Fsp3) is 0.150. The summed E-state index contributed by atoms with van der Waals surface area (Å²) in [5, 5.41) is 0.698. The van der Waals surface area contributed by atoms with Gasteiger partial charge in [0.15, 0.2) is 0 Å². The molecule has 25 heavy (non-hydrogen) atoms. The number of hydrogen-bond acceptors (Lipinski definition) is 1. The maximum Gasteiger partial charge on any atom is 0.250 e. The molecule has 0 radical (unpaired) electrons. The summed E-state index contributed by atoms with van der Waals surface area (Å²) >= 11 is 5.92. The van der Waals surface area contributed by atoms with Crippen LogP contribution in [0.1, 0.15) is 21.6 Å². The quantitative estimate of drug-likeness (QED) is 0.713. The molecule has 0 aliphatic heterocycles. The van der Waals surface area contributed by atoms with E-state index in [2.05, 4.69) is 0 Å². The van der Waals surface area contributed by atoms with Crippen molar-refractivity contribution in [3.8, 4) is 11.3 Å². The summed E-state index contributed by atoms with van der Waals surface area (Å²) in [6.45, 7) is 2.54. The monoisotopic (exact) mass is 356 g/mol. The van der Waals surface area contributed by atoms with Crippen LogP contribution < -0.4 is 5.73 Å². The number of benzene rings is 2. The minimum Gasteiger partial charge on any atom is -0.366 e. The van der Waals surface area contributed by atoms with Crippen LogP contribution in [-0.4, -0.2) is 10.5 Å². The van der Waals surface area contributed by atoms with Gasteiger partial charge in [-0.3, -0.25) is 4.79 Å². The number of carbonyl (C=O) groups is 1. The van der Waals surface area contributed by atoms with Gasteiger partial charge in [-0.15, -0.1) is 0 Å². The lowest BCUT2D eigenvalue weighted by molar-refractivity contribution is 0.0999. The van der Waals surface area contributed by atoms with Crippen LogP contribution in [0.15, 0.2) is 54.6 Å². The van der Waals surface area contributed by atoms with Gasteiger partial charge in [0.05, 0.1) is 5.56 Å². The molecule has 1 aromatic heterocycles. The molecule has 0 fully saturated rings. The van der Waals surface area contributed by atoms with Crippen molar-refractivity contribution in [3.63, 3.8) is 0 Å². The second kappa shape index (κ2) is 7.11. The van der Waals surface area contributed by atoms with Crippen LogP contribution in [0, 0.1) is 12.7 Å². The van der Waals surface area contributed by atoms with Gasteiger partial charge in [-0.25, -0.2) is 4.39 Å². The number of carbonyl (C=O) groups excluding carboxylic acids is 1. The summed E-state index contributed by atoms with van der Waals surface area (Å²) in [4.78, 5) is 11.7. The first kappa shape index (κ1) is 17.2. The van der Waals surface area contributed by atoms with Gasteiger partial charge in [0.2, 0.25) is 0 Å². The van der Waals surface area contributed by atoms with Crippen molar-refractivity contribution in [2.24, 2.45) is 5.73 Å². The van der Waals surface area contributed by atoms with E-state index in [0.29, 0.717) is 17.1 Å². The molecule has 3 nitrogen and oxygen atoms in total. The van der Waals surface area contributed by atoms with E-state index in [0.717, 1.165) is 28.9 Å². The summed E-state index contributed by atoms with van der Waals surface area (Å²) < 4.78 is 15.3. The molecule has 0 aliphatic rings. The number of halogens is 2. The zero-order chi connectivity index (χ0) is 18.0. The van der Waals surface area contributed by atoms with Crippen molar-refractivity contribution < 1.29 is 9.18 Å². The fourth-order valence-electron chi connectivity index (χ4n) is 2.93. The summed E-state index contributed by atoms with van der Waals surface area (Å²) in [6, 6.07) is 15.7. The van der Waals surface area contributed by atoms with Gasteiger partial charge in [0.1, 0.15) is 5.82 Å². The normalized spacial score (nSPS) is 10.8. The topological polar surface area (TPSA) is 48.0 Å². The minimum absolute atomic E-state index is 0.296. The Kier molecular flexibility index (Phi) is 4.91. The van der Waals surface area contributed by atoms with Crippen molar-refractivity contribution in [1.82, 2.24) is 4.57 Å². The molecule has 3 rings (SSSR count). The average molecular weight is 357 g/mol. The molecular weight excluding hydrogens is 339 g/mol. The van der Waals surface area contributed by atoms with Crippen LogP contribution in [0.4, 0.5) is 4.39 Å². The number of rotatable bonds is 5. The lowest BCUT2D eigenvalue weighted by atomic mass is 10.1. The number of aromatic nitrogens is 1. The molecule has 0 spiro atoms. The second-order valence-corrected chi connectivity index (χ2v) is 6.36. The Morgan fingerprint density at radius 1 is 1.12 bits per heavy atom. The first-order valence-corrected chi connectivity index (χ1v) is 8.34. The lowest BCUT2D eigenvalue weighted by Gasteiger charge is -2.12. The molecule has 0 atom stereocenters. The molecule has 2 aromatic carbocycles. The predicted octanol–water partition coefficient (Wildman–Crippen LogP) is 4.60. The van der Waals surface area contributed by atoms with E-state index >= 15 is 0 Å². The summed E-state index contributed by atoms with van der Waals surface area (Å²) in [5.41, 5.74) is 9.61. The molecule has 1 amide bonds. The summed E-state index contributed by atoms with van der Waals surface area (Å²) in [6.07, 6.45) is 0.777. The van der Waals surface area contributed by atoms with E-state index in [-0.39, 0.29) is 5.82 Å². The molecule has 2 N–H and O–H groups in total. The highest BCUT2D eigenvalue weighted by molar-refractivity contribution is 6.30. The maximum atomic E-state index is 13.2. The van der Waals surface area contributed by atoms with E-state index in [1.165, 1.54) is 12.1 Å². The Morgan fingerprint density at radius 2 is 1.76 bits per heavy atom. The van der Waals surface area contributed by atoms with Gasteiger partial charge in [0, 0.05) is 23.0 Å². The zero-order valence-corrected chi connectivity index (χ0v) is 14.6. The highest BCUT2D eigenvalue weighted by Crippen LogP contribution is 2.26. The van der Waals surface area contributed by atoms with Gasteiger partial charge >= 0.3 is 0 Å². The highest BCUT2D eigenvalue weighted by Gasteiger charge is 2.16. The molecule has 3 aromatic rings. The number of primary amides is 1. The first-order valence-electron chi connectivity index (χ1n) is 7.96. The van der Waals surface area contributed by atoms with Crippen molar-refractivity contribution in [1.29, 1.82) is 0 Å². The van der Waals surface area contributed by atoms with Crippen LogP contribution in [0.2, 0.25) is 5.02 Å². The largest absolute Gasteiger partial charge is 0.366 e.